The zero-order valence-corrected chi connectivity index (χ0v) is 27.8. The van der Waals surface area contributed by atoms with Crippen LogP contribution in [0.15, 0.2) is 108 Å². The Bertz CT molecular complexity index is 1700. The zero-order valence-electron chi connectivity index (χ0n) is 25.5. The summed E-state index contributed by atoms with van der Waals surface area (Å²) in [5.41, 5.74) is 2.79. The summed E-state index contributed by atoms with van der Waals surface area (Å²) >= 11 is 12.6. The number of nitrogens with zero attached hydrogens (tertiary/aromatic N) is 2. The van der Waals surface area contributed by atoms with E-state index in [1.807, 2.05) is 75.4 Å². The first-order valence-corrected chi connectivity index (χ1v) is 16.8. The molecule has 0 aromatic heterocycles. The van der Waals surface area contributed by atoms with Gasteiger partial charge in [0.2, 0.25) is 11.8 Å². The van der Waals surface area contributed by atoms with E-state index in [0.717, 1.165) is 21.0 Å². The van der Waals surface area contributed by atoms with Crippen LogP contribution in [0.25, 0.3) is 0 Å². The molecule has 4 aromatic rings. The van der Waals surface area contributed by atoms with Crippen molar-refractivity contribution in [1.29, 1.82) is 0 Å². The van der Waals surface area contributed by atoms with E-state index in [9.17, 15) is 18.0 Å². The molecule has 1 N–H and O–H groups in total. The summed E-state index contributed by atoms with van der Waals surface area (Å²) in [6.45, 7) is 5.84. The van der Waals surface area contributed by atoms with Crippen molar-refractivity contribution in [3.8, 4) is 0 Å². The van der Waals surface area contributed by atoms with Crippen LogP contribution in [0.3, 0.4) is 0 Å². The molecule has 0 unspecified atom stereocenters. The molecule has 0 bridgehead atoms. The lowest BCUT2D eigenvalue weighted by Gasteiger charge is -2.34. The third-order valence-electron chi connectivity index (χ3n) is 7.14. The number of sulfonamides is 1. The summed E-state index contributed by atoms with van der Waals surface area (Å²) in [6.07, 6.45) is 0.233. The van der Waals surface area contributed by atoms with Crippen LogP contribution < -0.4 is 9.62 Å². The second-order valence-electron chi connectivity index (χ2n) is 11.3. The average Bonchev–Trinajstić information content (AvgIpc) is 3.00. The van der Waals surface area contributed by atoms with Crippen molar-refractivity contribution in [2.75, 3.05) is 17.4 Å². The van der Waals surface area contributed by atoms with Gasteiger partial charge >= 0.3 is 0 Å². The number of aryl methyl sites for hydroxylation is 1. The molecule has 4 aromatic carbocycles. The van der Waals surface area contributed by atoms with Gasteiger partial charge in [0.1, 0.15) is 12.6 Å². The Morgan fingerprint density at radius 2 is 1.40 bits per heavy atom. The fourth-order valence-corrected chi connectivity index (χ4v) is 6.85. The van der Waals surface area contributed by atoms with Gasteiger partial charge in [0.05, 0.1) is 10.6 Å². The fraction of sp³-hybridized carbons (Fsp3) is 0.257. The highest BCUT2D eigenvalue weighted by Gasteiger charge is 2.35. The molecule has 0 saturated heterocycles. The van der Waals surface area contributed by atoms with Gasteiger partial charge in [-0.1, -0.05) is 115 Å². The van der Waals surface area contributed by atoms with Crippen LogP contribution >= 0.6 is 23.2 Å². The van der Waals surface area contributed by atoms with Crippen molar-refractivity contribution < 1.29 is 18.0 Å². The first kappa shape index (κ1) is 34.0. The molecular weight excluding hydrogens is 629 g/mol. The lowest BCUT2D eigenvalue weighted by atomic mass is 10.0. The third kappa shape index (κ3) is 9.33. The van der Waals surface area contributed by atoms with Gasteiger partial charge < -0.3 is 10.2 Å². The van der Waals surface area contributed by atoms with E-state index < -0.39 is 28.5 Å². The summed E-state index contributed by atoms with van der Waals surface area (Å²) in [4.78, 5) is 29.8. The maximum Gasteiger partial charge on any atom is 0.264 e. The Labute approximate surface area is 275 Å². The van der Waals surface area contributed by atoms with Crippen LogP contribution in [-0.2, 0) is 32.6 Å². The molecule has 0 aliphatic carbocycles. The van der Waals surface area contributed by atoms with Crippen LogP contribution in [0, 0.1) is 12.8 Å². The Kier molecular flexibility index (Phi) is 11.7. The molecule has 236 valence electrons. The topological polar surface area (TPSA) is 86.8 Å². The number of hydrogen-bond donors (Lipinski definition) is 1. The van der Waals surface area contributed by atoms with Crippen molar-refractivity contribution in [2.45, 2.75) is 44.7 Å². The summed E-state index contributed by atoms with van der Waals surface area (Å²) in [5, 5.41) is 3.42. The van der Waals surface area contributed by atoms with Gasteiger partial charge in [0.15, 0.2) is 0 Å². The number of amides is 2. The second kappa shape index (κ2) is 15.4. The Morgan fingerprint density at radius 3 is 2.00 bits per heavy atom. The number of carbonyl (C=O) groups excluding carboxylic acids is 2. The molecule has 2 amide bonds. The number of benzene rings is 4. The Balaban J connectivity index is 1.82. The van der Waals surface area contributed by atoms with Crippen LogP contribution in [0.1, 0.15) is 30.5 Å². The van der Waals surface area contributed by atoms with Gasteiger partial charge in [-0.15, -0.1) is 0 Å². The Morgan fingerprint density at radius 1 is 0.800 bits per heavy atom. The molecule has 0 aliphatic heterocycles. The van der Waals surface area contributed by atoms with E-state index in [1.54, 1.807) is 18.2 Å². The second-order valence-corrected chi connectivity index (χ2v) is 14.0. The van der Waals surface area contributed by atoms with E-state index >= 15 is 0 Å². The molecule has 1 atom stereocenters. The predicted octanol–water partition coefficient (Wildman–Crippen LogP) is 6.91. The van der Waals surface area contributed by atoms with E-state index in [4.69, 9.17) is 23.2 Å². The maximum absolute atomic E-state index is 14.5. The van der Waals surface area contributed by atoms with E-state index in [-0.39, 0.29) is 45.4 Å². The van der Waals surface area contributed by atoms with Crippen molar-refractivity contribution >= 4 is 50.7 Å². The number of nitrogens with one attached hydrogen (secondary N) is 1. The fourth-order valence-electron chi connectivity index (χ4n) is 4.92. The average molecular weight is 667 g/mol. The highest BCUT2D eigenvalue weighted by atomic mass is 35.5. The highest BCUT2D eigenvalue weighted by Crippen LogP contribution is 2.30. The monoisotopic (exact) mass is 665 g/mol. The third-order valence-corrected chi connectivity index (χ3v) is 9.36. The minimum absolute atomic E-state index is 0.00496. The molecule has 0 aliphatic rings. The summed E-state index contributed by atoms with van der Waals surface area (Å²) in [6, 6.07) is 28.4. The van der Waals surface area contributed by atoms with Gasteiger partial charge in [-0.25, -0.2) is 8.42 Å². The van der Waals surface area contributed by atoms with Crippen LogP contribution in [0.4, 0.5) is 5.69 Å². The van der Waals surface area contributed by atoms with E-state index in [1.165, 1.54) is 35.2 Å². The van der Waals surface area contributed by atoms with E-state index in [0.29, 0.717) is 6.54 Å². The molecule has 0 spiro atoms. The minimum Gasteiger partial charge on any atom is -0.354 e. The molecule has 0 radical (unpaired) electrons. The molecular formula is C35H37Cl2N3O4S. The van der Waals surface area contributed by atoms with Gasteiger partial charge in [-0.05, 0) is 54.3 Å². The molecule has 4 rings (SSSR count). The lowest BCUT2D eigenvalue weighted by molar-refractivity contribution is -0.140. The van der Waals surface area contributed by atoms with Crippen molar-refractivity contribution in [3.63, 3.8) is 0 Å². The lowest BCUT2D eigenvalue weighted by Crippen LogP contribution is -2.53. The number of carbonyl (C=O) groups is 2. The first-order valence-electron chi connectivity index (χ1n) is 14.6. The SMILES string of the molecule is Cc1cccc(CN(C(=O)CN(c2cc(Cl)cc(Cl)c2)S(=O)(=O)c2ccccc2)[C@H](Cc2ccccc2)C(=O)NCC(C)C)c1. The number of rotatable bonds is 13. The van der Waals surface area contributed by atoms with Crippen LogP contribution in [-0.4, -0.2) is 44.3 Å². The first-order chi connectivity index (χ1) is 21.4. The molecule has 0 fully saturated rings. The molecule has 7 nitrogen and oxygen atoms in total. The maximum atomic E-state index is 14.5. The largest absolute Gasteiger partial charge is 0.354 e. The molecule has 0 saturated carbocycles. The molecule has 10 heteroatoms. The number of anilines is 1. The van der Waals surface area contributed by atoms with Crippen molar-refractivity contribution in [2.24, 2.45) is 5.92 Å². The Hall–Kier alpha value is -3.85. The summed E-state index contributed by atoms with van der Waals surface area (Å²) < 4.78 is 29.2. The standard InChI is InChI=1S/C35H37Cl2N3O4S/c1-25(2)22-38-35(42)33(18-27-12-6-4-7-13-27)39(23-28-14-10-11-26(3)17-28)34(41)24-40(31-20-29(36)19-30(37)21-31)45(43,44)32-15-8-5-9-16-32/h4-17,19-21,25,33H,18,22-24H2,1-3H3,(H,38,42)/t33-/m1/s1. The van der Waals surface area contributed by atoms with Crippen LogP contribution in [0.5, 0.6) is 0 Å². The quantitative estimate of drug-likeness (QED) is 0.168. The predicted molar refractivity (Wildman–Crippen MR) is 181 cm³/mol. The van der Waals surface area contributed by atoms with E-state index in [2.05, 4.69) is 5.32 Å². The highest BCUT2D eigenvalue weighted by molar-refractivity contribution is 7.92. The summed E-state index contributed by atoms with van der Waals surface area (Å²) in [7, 11) is -4.25. The zero-order chi connectivity index (χ0) is 32.6. The smallest absolute Gasteiger partial charge is 0.264 e. The molecule has 0 heterocycles. The van der Waals surface area contributed by atoms with Crippen molar-refractivity contribution in [3.05, 3.63) is 130 Å². The summed E-state index contributed by atoms with van der Waals surface area (Å²) in [5.74, 6) is -0.698. The van der Waals surface area contributed by atoms with Gasteiger partial charge in [-0.2, -0.15) is 0 Å². The number of halogens is 2. The van der Waals surface area contributed by atoms with Crippen LogP contribution in [0.2, 0.25) is 10.0 Å². The molecule has 45 heavy (non-hydrogen) atoms. The normalized spacial score (nSPS) is 12.0. The van der Waals surface area contributed by atoms with Crippen molar-refractivity contribution in [1.82, 2.24) is 10.2 Å². The van der Waals surface area contributed by atoms with Gasteiger partial charge in [0.25, 0.3) is 10.0 Å². The van der Waals surface area contributed by atoms with Gasteiger partial charge in [0, 0.05) is 29.6 Å². The van der Waals surface area contributed by atoms with Gasteiger partial charge in [-0.3, -0.25) is 13.9 Å². The minimum atomic E-state index is -4.25. The number of hydrogen-bond acceptors (Lipinski definition) is 4.